The fourth-order valence-corrected chi connectivity index (χ4v) is 2.35. The maximum Gasteiger partial charge on any atom is 0.224 e. The third-order valence-electron chi connectivity index (χ3n) is 3.32. The number of nitrogens with one attached hydrogen (secondary N) is 2. The molecular formula is C16H15N5. The Labute approximate surface area is 122 Å². The number of para-hydroxylation sites is 1. The SMILES string of the molecule is Cc1cc(C#N)nc(NCCc2c[nH]c3ccccc23)n1. The molecule has 0 fully saturated rings. The lowest BCUT2D eigenvalue weighted by molar-refractivity contribution is 0.975. The first-order valence-electron chi connectivity index (χ1n) is 6.81. The molecule has 1 aromatic carbocycles. The average molecular weight is 277 g/mol. The van der Waals surface area contributed by atoms with E-state index in [-0.39, 0.29) is 0 Å². The number of H-pyrrole nitrogens is 1. The Morgan fingerprint density at radius 1 is 1.29 bits per heavy atom. The largest absolute Gasteiger partial charge is 0.361 e. The molecule has 0 aliphatic heterocycles. The van der Waals surface area contributed by atoms with E-state index >= 15 is 0 Å². The highest BCUT2D eigenvalue weighted by Gasteiger charge is 2.04. The number of anilines is 1. The fraction of sp³-hybridized carbons (Fsp3) is 0.188. The molecule has 0 spiro atoms. The standard InChI is InChI=1S/C16H15N5/c1-11-8-13(9-17)21-16(20-11)18-7-6-12-10-19-15-5-3-2-4-14(12)15/h2-5,8,10,19H,6-7H2,1H3,(H,18,20,21). The van der Waals surface area contributed by atoms with Gasteiger partial charge in [0.25, 0.3) is 0 Å². The molecule has 3 rings (SSSR count). The molecular weight excluding hydrogens is 262 g/mol. The molecule has 0 aliphatic carbocycles. The summed E-state index contributed by atoms with van der Waals surface area (Å²) < 4.78 is 0. The third-order valence-corrected chi connectivity index (χ3v) is 3.32. The molecule has 0 amide bonds. The molecule has 21 heavy (non-hydrogen) atoms. The zero-order valence-electron chi connectivity index (χ0n) is 11.7. The molecule has 2 N–H and O–H groups in total. The first-order chi connectivity index (χ1) is 10.3. The van der Waals surface area contributed by atoms with Gasteiger partial charge in [-0.2, -0.15) is 5.26 Å². The number of hydrogen-bond donors (Lipinski definition) is 2. The molecule has 0 radical (unpaired) electrons. The summed E-state index contributed by atoms with van der Waals surface area (Å²) in [5.74, 6) is 0.506. The van der Waals surface area contributed by atoms with Gasteiger partial charge in [-0.3, -0.25) is 0 Å². The normalized spacial score (nSPS) is 10.5. The minimum Gasteiger partial charge on any atom is -0.361 e. The number of aryl methyl sites for hydroxylation is 1. The van der Waals surface area contributed by atoms with Gasteiger partial charge in [-0.05, 0) is 31.0 Å². The first kappa shape index (κ1) is 13.1. The van der Waals surface area contributed by atoms with E-state index in [0.717, 1.165) is 24.2 Å². The number of benzene rings is 1. The maximum absolute atomic E-state index is 8.91. The van der Waals surface area contributed by atoms with Crippen molar-refractivity contribution in [2.24, 2.45) is 0 Å². The Hall–Kier alpha value is -2.87. The average Bonchev–Trinajstić information content (AvgIpc) is 2.90. The lowest BCUT2D eigenvalue weighted by Gasteiger charge is -2.05. The van der Waals surface area contributed by atoms with E-state index in [9.17, 15) is 0 Å². The number of aromatic amines is 1. The Balaban J connectivity index is 1.69. The minimum absolute atomic E-state index is 0.386. The Morgan fingerprint density at radius 2 is 2.14 bits per heavy atom. The van der Waals surface area contributed by atoms with Gasteiger partial charge in [0.05, 0.1) is 0 Å². The second-order valence-corrected chi connectivity index (χ2v) is 4.87. The summed E-state index contributed by atoms with van der Waals surface area (Å²) in [4.78, 5) is 11.7. The van der Waals surface area contributed by atoms with E-state index in [1.54, 1.807) is 6.07 Å². The van der Waals surface area contributed by atoms with Gasteiger partial charge < -0.3 is 10.3 Å². The van der Waals surface area contributed by atoms with Gasteiger partial charge in [-0.15, -0.1) is 0 Å². The van der Waals surface area contributed by atoms with E-state index in [0.29, 0.717) is 11.6 Å². The van der Waals surface area contributed by atoms with Crippen LogP contribution in [0.4, 0.5) is 5.95 Å². The van der Waals surface area contributed by atoms with Crippen molar-refractivity contribution in [3.8, 4) is 6.07 Å². The number of nitrogens with zero attached hydrogens (tertiary/aromatic N) is 3. The fourth-order valence-electron chi connectivity index (χ4n) is 2.35. The van der Waals surface area contributed by atoms with Crippen molar-refractivity contribution in [1.82, 2.24) is 15.0 Å². The van der Waals surface area contributed by atoms with Gasteiger partial charge in [-0.1, -0.05) is 18.2 Å². The number of fused-ring (bicyclic) bond motifs is 1. The minimum atomic E-state index is 0.386. The number of hydrogen-bond acceptors (Lipinski definition) is 4. The number of aromatic nitrogens is 3. The van der Waals surface area contributed by atoms with Crippen molar-refractivity contribution in [1.29, 1.82) is 5.26 Å². The van der Waals surface area contributed by atoms with E-state index in [2.05, 4.69) is 32.4 Å². The molecule has 3 aromatic rings. The molecule has 0 saturated heterocycles. The summed E-state index contributed by atoms with van der Waals surface area (Å²) in [7, 11) is 0. The number of nitriles is 1. The van der Waals surface area contributed by atoms with Gasteiger partial charge >= 0.3 is 0 Å². The van der Waals surface area contributed by atoms with Crippen LogP contribution in [-0.4, -0.2) is 21.5 Å². The summed E-state index contributed by atoms with van der Waals surface area (Å²) in [6.45, 7) is 2.57. The van der Waals surface area contributed by atoms with Gasteiger partial charge in [-0.25, -0.2) is 9.97 Å². The molecule has 0 bridgehead atoms. The smallest absolute Gasteiger partial charge is 0.224 e. The Morgan fingerprint density at radius 3 is 3.00 bits per heavy atom. The monoisotopic (exact) mass is 277 g/mol. The van der Waals surface area contributed by atoms with Gasteiger partial charge in [0.1, 0.15) is 11.8 Å². The van der Waals surface area contributed by atoms with Gasteiger partial charge in [0.2, 0.25) is 5.95 Å². The highest BCUT2D eigenvalue weighted by atomic mass is 15.1. The molecule has 2 aromatic heterocycles. The zero-order valence-corrected chi connectivity index (χ0v) is 11.7. The van der Waals surface area contributed by atoms with E-state index in [1.807, 2.05) is 31.3 Å². The van der Waals surface area contributed by atoms with E-state index in [4.69, 9.17) is 5.26 Å². The van der Waals surface area contributed by atoms with Gasteiger partial charge in [0, 0.05) is 29.3 Å². The molecule has 5 heteroatoms. The third kappa shape index (κ3) is 2.84. The lowest BCUT2D eigenvalue weighted by atomic mass is 10.1. The molecule has 0 atom stereocenters. The highest BCUT2D eigenvalue weighted by molar-refractivity contribution is 5.83. The summed E-state index contributed by atoms with van der Waals surface area (Å²) in [5.41, 5.74) is 3.57. The molecule has 0 saturated carbocycles. The molecule has 104 valence electrons. The Kier molecular flexibility index (Phi) is 3.52. The zero-order chi connectivity index (χ0) is 14.7. The van der Waals surface area contributed by atoms with Gasteiger partial charge in [0.15, 0.2) is 0 Å². The van der Waals surface area contributed by atoms with E-state index in [1.165, 1.54) is 10.9 Å². The van der Waals surface area contributed by atoms with Crippen LogP contribution in [0.5, 0.6) is 0 Å². The molecule has 2 heterocycles. The van der Waals surface area contributed by atoms with Crippen LogP contribution in [0.2, 0.25) is 0 Å². The predicted octanol–water partition coefficient (Wildman–Crippen LogP) is 2.79. The Bertz CT molecular complexity index is 813. The quantitative estimate of drug-likeness (QED) is 0.768. The first-order valence-corrected chi connectivity index (χ1v) is 6.81. The summed E-state index contributed by atoms with van der Waals surface area (Å²) in [6, 6.07) is 11.9. The van der Waals surface area contributed by atoms with Crippen LogP contribution >= 0.6 is 0 Å². The summed E-state index contributed by atoms with van der Waals surface area (Å²) in [6.07, 6.45) is 2.90. The van der Waals surface area contributed by atoms with Crippen LogP contribution < -0.4 is 5.32 Å². The molecule has 5 nitrogen and oxygen atoms in total. The maximum atomic E-state index is 8.91. The van der Waals surface area contributed by atoms with Crippen molar-refractivity contribution >= 4 is 16.9 Å². The van der Waals surface area contributed by atoms with Crippen molar-refractivity contribution < 1.29 is 0 Å². The predicted molar refractivity (Wildman–Crippen MR) is 82.0 cm³/mol. The van der Waals surface area contributed by atoms with Crippen LogP contribution in [0, 0.1) is 18.3 Å². The van der Waals surface area contributed by atoms with Crippen LogP contribution in [0.3, 0.4) is 0 Å². The van der Waals surface area contributed by atoms with Crippen LogP contribution in [0.1, 0.15) is 17.0 Å². The number of rotatable bonds is 4. The topological polar surface area (TPSA) is 77.4 Å². The van der Waals surface area contributed by atoms with Crippen molar-refractivity contribution in [2.75, 3.05) is 11.9 Å². The van der Waals surface area contributed by atoms with Crippen LogP contribution in [0.15, 0.2) is 36.5 Å². The van der Waals surface area contributed by atoms with Crippen LogP contribution in [0.25, 0.3) is 10.9 Å². The summed E-state index contributed by atoms with van der Waals surface area (Å²) in [5, 5.41) is 13.3. The second-order valence-electron chi connectivity index (χ2n) is 4.87. The molecule has 0 aliphatic rings. The molecule has 0 unspecified atom stereocenters. The van der Waals surface area contributed by atoms with Crippen LogP contribution in [-0.2, 0) is 6.42 Å². The lowest BCUT2D eigenvalue weighted by Crippen LogP contribution is -2.09. The summed E-state index contributed by atoms with van der Waals surface area (Å²) >= 11 is 0. The van der Waals surface area contributed by atoms with E-state index < -0.39 is 0 Å². The van der Waals surface area contributed by atoms with Crippen molar-refractivity contribution in [3.63, 3.8) is 0 Å². The second kappa shape index (κ2) is 5.63. The van der Waals surface area contributed by atoms with Crippen molar-refractivity contribution in [2.45, 2.75) is 13.3 Å². The highest BCUT2D eigenvalue weighted by Crippen LogP contribution is 2.18. The van der Waals surface area contributed by atoms with Crippen molar-refractivity contribution in [3.05, 3.63) is 53.5 Å².